The SMILES string of the molecule is C=CC(F)(F)/C(N[C@H]1CC[C@](C)(C(=O)O)CC1)=C(/C=N)C(=O)N(CC(=O)c1c(Cl)cccc1C(F)(F)F)CC1(F)CCCC1. The van der Waals surface area contributed by atoms with E-state index in [9.17, 15) is 32.7 Å². The average molecular weight is 650 g/mol. The number of Topliss-reactive ketones (excluding diaryl/α,β-unsaturated/α-hetero) is 1. The molecule has 3 rings (SSSR count). The summed E-state index contributed by atoms with van der Waals surface area (Å²) in [6.07, 6.45) is -3.17. The molecule has 1 aromatic rings. The number of allylic oxidation sites excluding steroid dienone is 1. The molecule has 0 aliphatic heterocycles. The molecule has 44 heavy (non-hydrogen) atoms. The number of nitrogens with one attached hydrogen (secondary N) is 2. The summed E-state index contributed by atoms with van der Waals surface area (Å²) in [7, 11) is 0. The van der Waals surface area contributed by atoms with Crippen molar-refractivity contribution >= 4 is 35.5 Å². The summed E-state index contributed by atoms with van der Waals surface area (Å²) in [6, 6.07) is 1.91. The highest BCUT2D eigenvalue weighted by Gasteiger charge is 2.44. The Morgan fingerprint density at radius 1 is 1.14 bits per heavy atom. The number of aliphatic carboxylic acids is 1. The number of nitrogens with zero attached hydrogens (tertiary/aromatic N) is 1. The van der Waals surface area contributed by atoms with E-state index in [1.807, 2.05) is 0 Å². The highest BCUT2D eigenvalue weighted by atomic mass is 35.5. The third-order valence-electron chi connectivity index (χ3n) is 8.38. The van der Waals surface area contributed by atoms with E-state index >= 15 is 13.2 Å². The van der Waals surface area contributed by atoms with E-state index in [1.54, 1.807) is 0 Å². The van der Waals surface area contributed by atoms with Crippen LogP contribution in [-0.4, -0.2) is 64.6 Å². The molecule has 0 heterocycles. The molecule has 0 saturated heterocycles. The number of amides is 1. The highest BCUT2D eigenvalue weighted by Crippen LogP contribution is 2.39. The van der Waals surface area contributed by atoms with Gasteiger partial charge in [0.2, 0.25) is 0 Å². The maximum absolute atomic E-state index is 15.7. The Labute approximate surface area is 255 Å². The van der Waals surface area contributed by atoms with Crippen LogP contribution in [0.4, 0.5) is 26.3 Å². The molecule has 7 nitrogen and oxygen atoms in total. The Morgan fingerprint density at radius 2 is 1.73 bits per heavy atom. The van der Waals surface area contributed by atoms with Gasteiger partial charge in [-0.15, -0.1) is 0 Å². The van der Waals surface area contributed by atoms with Crippen molar-refractivity contribution in [1.29, 1.82) is 5.41 Å². The summed E-state index contributed by atoms with van der Waals surface area (Å²) in [4.78, 5) is 39.3. The van der Waals surface area contributed by atoms with E-state index in [4.69, 9.17) is 17.0 Å². The Bertz CT molecular complexity index is 1330. The Kier molecular flexibility index (Phi) is 10.6. The fourth-order valence-corrected chi connectivity index (χ4v) is 5.97. The zero-order valence-electron chi connectivity index (χ0n) is 24.0. The molecule has 1 amide bonds. The van der Waals surface area contributed by atoms with Gasteiger partial charge in [-0.25, -0.2) is 4.39 Å². The molecule has 0 radical (unpaired) electrons. The van der Waals surface area contributed by atoms with Gasteiger partial charge in [-0.05, 0) is 63.7 Å². The largest absolute Gasteiger partial charge is 0.481 e. The van der Waals surface area contributed by atoms with Gasteiger partial charge in [0.25, 0.3) is 5.91 Å². The number of carboxylic acids is 1. The molecule has 0 spiro atoms. The van der Waals surface area contributed by atoms with Crippen LogP contribution in [0.15, 0.2) is 42.1 Å². The number of carbonyl (C=O) groups is 3. The van der Waals surface area contributed by atoms with E-state index in [0.717, 1.165) is 12.1 Å². The molecule has 1 aromatic carbocycles. The number of halogens is 7. The van der Waals surface area contributed by atoms with E-state index in [-0.39, 0.29) is 44.6 Å². The molecule has 242 valence electrons. The molecule has 14 heteroatoms. The molecule has 3 N–H and O–H groups in total. The second-order valence-electron chi connectivity index (χ2n) is 11.6. The minimum Gasteiger partial charge on any atom is -0.481 e. The monoisotopic (exact) mass is 649 g/mol. The zero-order chi connectivity index (χ0) is 33.1. The Balaban J connectivity index is 2.05. The topological polar surface area (TPSA) is 111 Å². The third kappa shape index (κ3) is 7.83. The first kappa shape index (κ1) is 35.1. The van der Waals surface area contributed by atoms with Gasteiger partial charge in [-0.3, -0.25) is 14.4 Å². The Morgan fingerprint density at radius 3 is 2.23 bits per heavy atom. The molecule has 2 fully saturated rings. The molecule has 0 unspecified atom stereocenters. The van der Waals surface area contributed by atoms with Gasteiger partial charge in [0.15, 0.2) is 5.78 Å². The van der Waals surface area contributed by atoms with Crippen molar-refractivity contribution in [3.63, 3.8) is 0 Å². The maximum Gasteiger partial charge on any atom is 0.417 e. The summed E-state index contributed by atoms with van der Waals surface area (Å²) in [6.45, 7) is 2.70. The van der Waals surface area contributed by atoms with Crippen LogP contribution in [0, 0.1) is 10.8 Å². The lowest BCUT2D eigenvalue weighted by molar-refractivity contribution is -0.150. The average Bonchev–Trinajstić information content (AvgIpc) is 3.38. The van der Waals surface area contributed by atoms with Crippen LogP contribution in [0.3, 0.4) is 0 Å². The number of benzene rings is 1. The molecule has 0 atom stereocenters. The van der Waals surface area contributed by atoms with Crippen LogP contribution in [0.2, 0.25) is 5.02 Å². The van der Waals surface area contributed by atoms with Crippen molar-refractivity contribution in [3.8, 4) is 0 Å². The number of alkyl halides is 6. The summed E-state index contributed by atoms with van der Waals surface area (Å²) in [5.74, 6) is -7.66. The van der Waals surface area contributed by atoms with Crippen LogP contribution < -0.4 is 5.32 Å². The van der Waals surface area contributed by atoms with Crippen LogP contribution in [0.1, 0.15) is 74.2 Å². The van der Waals surface area contributed by atoms with Gasteiger partial charge in [-0.2, -0.15) is 22.0 Å². The molecule has 0 bridgehead atoms. The number of hydrogen-bond donors (Lipinski definition) is 3. The minimum absolute atomic E-state index is 0.0349. The smallest absolute Gasteiger partial charge is 0.417 e. The zero-order valence-corrected chi connectivity index (χ0v) is 24.8. The standard InChI is InChI=1S/C30H34ClF6N3O4/c1-3-29(33,34)24(39-18-9-13-27(2,14-10-18)26(43)44)19(15-38)25(42)40(17-28(32)11-4-5-12-28)16-22(41)23-20(30(35,36)37)7-6-8-21(23)31/h3,6-8,15,18,38-39H,1,4-5,9-14,16-17H2,2H3,(H,43,44)/b24-19+,38-15?/t18-,27-. The molecule has 2 aliphatic carbocycles. The van der Waals surface area contributed by atoms with Crippen molar-refractivity contribution in [3.05, 3.63) is 58.3 Å². The lowest BCUT2D eigenvalue weighted by Gasteiger charge is -2.36. The summed E-state index contributed by atoms with van der Waals surface area (Å²) in [5, 5.41) is 19.4. The van der Waals surface area contributed by atoms with E-state index in [1.165, 1.54) is 6.92 Å². The fourth-order valence-electron chi connectivity index (χ4n) is 5.69. The molecular formula is C30H34ClF6N3O4. The lowest BCUT2D eigenvalue weighted by atomic mass is 9.74. The number of carbonyl (C=O) groups excluding carboxylic acids is 2. The molecular weight excluding hydrogens is 616 g/mol. The number of hydrogen-bond acceptors (Lipinski definition) is 5. The number of carboxylic acid groups (broad SMARTS) is 1. The summed E-state index contributed by atoms with van der Waals surface area (Å²) >= 11 is 5.96. The Hall–Kier alpha value is -3.35. The van der Waals surface area contributed by atoms with Gasteiger partial charge in [0, 0.05) is 12.3 Å². The van der Waals surface area contributed by atoms with E-state index in [0.29, 0.717) is 30.0 Å². The third-order valence-corrected chi connectivity index (χ3v) is 8.70. The second kappa shape index (κ2) is 13.3. The van der Waals surface area contributed by atoms with Crippen LogP contribution in [-0.2, 0) is 15.8 Å². The van der Waals surface area contributed by atoms with Crippen molar-refractivity contribution in [2.75, 3.05) is 13.1 Å². The van der Waals surface area contributed by atoms with Gasteiger partial charge in [0.1, 0.15) is 5.67 Å². The fraction of sp³-hybridized carbons (Fsp3) is 0.533. The van der Waals surface area contributed by atoms with Gasteiger partial charge in [-0.1, -0.05) is 37.1 Å². The number of rotatable bonds is 12. The summed E-state index contributed by atoms with van der Waals surface area (Å²) in [5.41, 5.74) is -7.49. The van der Waals surface area contributed by atoms with Crippen molar-refractivity contribution in [2.24, 2.45) is 5.41 Å². The first-order valence-electron chi connectivity index (χ1n) is 14.0. The van der Waals surface area contributed by atoms with Crippen molar-refractivity contribution < 1.29 is 45.8 Å². The molecule has 2 aliphatic rings. The number of ketones is 1. The van der Waals surface area contributed by atoms with Crippen molar-refractivity contribution in [1.82, 2.24) is 10.2 Å². The first-order chi connectivity index (χ1) is 20.4. The second-order valence-corrected chi connectivity index (χ2v) is 12.1. The molecule has 2 saturated carbocycles. The summed E-state index contributed by atoms with van der Waals surface area (Å²) < 4.78 is 87.4. The lowest BCUT2D eigenvalue weighted by Crippen LogP contribution is -2.48. The van der Waals surface area contributed by atoms with Crippen LogP contribution >= 0.6 is 11.6 Å². The van der Waals surface area contributed by atoms with Crippen LogP contribution in [0.25, 0.3) is 0 Å². The quantitative estimate of drug-likeness (QED) is 0.0743. The van der Waals surface area contributed by atoms with Crippen molar-refractivity contribution in [2.45, 2.75) is 82.1 Å². The first-order valence-corrected chi connectivity index (χ1v) is 14.4. The minimum atomic E-state index is -5.00. The highest BCUT2D eigenvalue weighted by molar-refractivity contribution is 6.34. The van der Waals surface area contributed by atoms with Gasteiger partial charge >= 0.3 is 18.1 Å². The van der Waals surface area contributed by atoms with E-state index in [2.05, 4.69) is 11.9 Å². The maximum atomic E-state index is 15.7. The normalized spacial score (nSPS) is 22.5. The van der Waals surface area contributed by atoms with Gasteiger partial charge in [0.05, 0.1) is 45.9 Å². The molecule has 0 aromatic heterocycles. The predicted octanol–water partition coefficient (Wildman–Crippen LogP) is 7.00. The van der Waals surface area contributed by atoms with E-state index < -0.39 is 87.4 Å². The van der Waals surface area contributed by atoms with Crippen LogP contribution in [0.5, 0.6) is 0 Å². The van der Waals surface area contributed by atoms with Gasteiger partial charge < -0.3 is 20.7 Å². The predicted molar refractivity (Wildman–Crippen MR) is 152 cm³/mol.